The summed E-state index contributed by atoms with van der Waals surface area (Å²) in [4.78, 5) is 0. The van der Waals surface area contributed by atoms with E-state index in [2.05, 4.69) is 22.6 Å². The summed E-state index contributed by atoms with van der Waals surface area (Å²) in [6, 6.07) is 5.43. The summed E-state index contributed by atoms with van der Waals surface area (Å²) in [5, 5.41) is 9.20. The third-order valence-corrected chi connectivity index (χ3v) is 2.15. The average Bonchev–Trinajstić information content (AvgIpc) is 1.88. The monoisotopic (exact) mass is 268 g/mol. The summed E-state index contributed by atoms with van der Waals surface area (Å²) < 4.78 is 1.02. The molecule has 0 heterocycles. The van der Waals surface area contributed by atoms with Crippen molar-refractivity contribution < 1.29 is 5.11 Å². The van der Waals surface area contributed by atoms with Crippen LogP contribution in [-0.2, 0) is 5.88 Å². The molecule has 1 N–H and O–H groups in total. The molecular formula is C7H6ClIO. The molecule has 0 atom stereocenters. The van der Waals surface area contributed by atoms with Gasteiger partial charge in [-0.15, -0.1) is 11.6 Å². The highest BCUT2D eigenvalue weighted by Gasteiger charge is 1.97. The van der Waals surface area contributed by atoms with Crippen LogP contribution in [0.5, 0.6) is 5.75 Å². The number of halogens is 2. The lowest BCUT2D eigenvalue weighted by atomic mass is 10.2. The van der Waals surface area contributed by atoms with Crippen LogP contribution in [0.3, 0.4) is 0 Å². The van der Waals surface area contributed by atoms with Crippen LogP contribution >= 0.6 is 34.2 Å². The van der Waals surface area contributed by atoms with Crippen LogP contribution < -0.4 is 0 Å². The van der Waals surface area contributed by atoms with Gasteiger partial charge in [-0.05, 0) is 34.7 Å². The van der Waals surface area contributed by atoms with Gasteiger partial charge in [0.1, 0.15) is 5.75 Å². The minimum Gasteiger partial charge on any atom is -0.508 e. The van der Waals surface area contributed by atoms with Crippen LogP contribution in [0.1, 0.15) is 5.56 Å². The fourth-order valence-corrected chi connectivity index (χ4v) is 1.35. The van der Waals surface area contributed by atoms with Crippen LogP contribution in [0.15, 0.2) is 18.2 Å². The zero-order valence-corrected chi connectivity index (χ0v) is 8.06. The first kappa shape index (κ1) is 8.14. The Morgan fingerprint density at radius 3 is 2.70 bits per heavy atom. The van der Waals surface area contributed by atoms with Gasteiger partial charge in [-0.1, -0.05) is 6.07 Å². The van der Waals surface area contributed by atoms with Crippen molar-refractivity contribution in [3.8, 4) is 5.75 Å². The molecule has 0 fully saturated rings. The summed E-state index contributed by atoms with van der Waals surface area (Å²) in [5.41, 5.74) is 0.780. The average molecular weight is 268 g/mol. The van der Waals surface area contributed by atoms with E-state index in [1.165, 1.54) is 0 Å². The largest absolute Gasteiger partial charge is 0.508 e. The second-order valence-electron chi connectivity index (χ2n) is 1.91. The van der Waals surface area contributed by atoms with Crippen molar-refractivity contribution in [1.29, 1.82) is 0 Å². The molecule has 0 radical (unpaired) electrons. The van der Waals surface area contributed by atoms with E-state index >= 15 is 0 Å². The number of aromatic hydroxyl groups is 1. The third kappa shape index (κ3) is 1.76. The van der Waals surface area contributed by atoms with Crippen LogP contribution in [0.25, 0.3) is 0 Å². The van der Waals surface area contributed by atoms with Gasteiger partial charge in [0.2, 0.25) is 0 Å². The van der Waals surface area contributed by atoms with E-state index in [0.717, 1.165) is 9.13 Å². The Balaban J connectivity index is 3.07. The second kappa shape index (κ2) is 3.44. The Morgan fingerprint density at radius 2 is 2.20 bits per heavy atom. The molecule has 0 spiro atoms. The van der Waals surface area contributed by atoms with Crippen molar-refractivity contribution in [3.05, 3.63) is 27.3 Å². The molecule has 0 unspecified atom stereocenters. The first-order valence-corrected chi connectivity index (χ1v) is 4.38. The summed E-state index contributed by atoms with van der Waals surface area (Å²) >= 11 is 7.66. The highest BCUT2D eigenvalue weighted by Crippen LogP contribution is 2.20. The molecule has 0 aliphatic carbocycles. The minimum atomic E-state index is 0.280. The molecule has 0 aliphatic rings. The van der Waals surface area contributed by atoms with Gasteiger partial charge in [0.25, 0.3) is 0 Å². The molecule has 0 bridgehead atoms. The number of phenolic OH excluding ortho intramolecular Hbond substituents is 1. The molecule has 1 aromatic carbocycles. The van der Waals surface area contributed by atoms with Crippen LogP contribution in [0, 0.1) is 3.57 Å². The van der Waals surface area contributed by atoms with Gasteiger partial charge in [0.05, 0.1) is 5.88 Å². The SMILES string of the molecule is Oc1cc(I)ccc1CCl. The maximum atomic E-state index is 9.20. The first-order valence-electron chi connectivity index (χ1n) is 2.77. The minimum absolute atomic E-state index is 0.280. The molecular weight excluding hydrogens is 262 g/mol. The molecule has 0 aliphatic heterocycles. The Kier molecular flexibility index (Phi) is 2.80. The second-order valence-corrected chi connectivity index (χ2v) is 3.42. The van der Waals surface area contributed by atoms with Crippen molar-refractivity contribution in [2.24, 2.45) is 0 Å². The molecule has 0 amide bonds. The highest BCUT2D eigenvalue weighted by atomic mass is 127. The molecule has 1 rings (SSSR count). The van der Waals surface area contributed by atoms with Gasteiger partial charge in [0.15, 0.2) is 0 Å². The van der Waals surface area contributed by atoms with E-state index in [9.17, 15) is 5.11 Å². The fraction of sp³-hybridized carbons (Fsp3) is 0.143. The van der Waals surface area contributed by atoms with E-state index in [4.69, 9.17) is 11.6 Å². The standard InChI is InChI=1S/C7H6ClIO/c8-4-5-1-2-6(9)3-7(5)10/h1-3,10H,4H2. The lowest BCUT2D eigenvalue weighted by Crippen LogP contribution is -1.79. The zero-order valence-electron chi connectivity index (χ0n) is 5.14. The Labute approximate surface area is 78.2 Å². The maximum Gasteiger partial charge on any atom is 0.121 e. The quantitative estimate of drug-likeness (QED) is 0.613. The summed E-state index contributed by atoms with van der Waals surface area (Å²) in [7, 11) is 0. The van der Waals surface area contributed by atoms with Crippen LogP contribution in [-0.4, -0.2) is 5.11 Å². The number of rotatable bonds is 1. The highest BCUT2D eigenvalue weighted by molar-refractivity contribution is 14.1. The van der Waals surface area contributed by atoms with Gasteiger partial charge >= 0.3 is 0 Å². The molecule has 3 heteroatoms. The van der Waals surface area contributed by atoms with E-state index in [0.29, 0.717) is 5.88 Å². The summed E-state index contributed by atoms with van der Waals surface area (Å²) in [5.74, 6) is 0.643. The molecule has 0 aromatic heterocycles. The van der Waals surface area contributed by atoms with Crippen molar-refractivity contribution in [2.45, 2.75) is 5.88 Å². The summed E-state index contributed by atoms with van der Waals surface area (Å²) in [6.07, 6.45) is 0. The number of alkyl halides is 1. The van der Waals surface area contributed by atoms with E-state index in [1.54, 1.807) is 6.07 Å². The fourth-order valence-electron chi connectivity index (χ4n) is 0.650. The Morgan fingerprint density at radius 1 is 1.50 bits per heavy atom. The molecule has 0 saturated heterocycles. The Bertz CT molecular complexity index is 237. The number of phenols is 1. The maximum absolute atomic E-state index is 9.20. The van der Waals surface area contributed by atoms with Gasteiger partial charge in [-0.25, -0.2) is 0 Å². The molecule has 1 aromatic rings. The Hall–Kier alpha value is 0.0400. The van der Waals surface area contributed by atoms with Crippen LogP contribution in [0.4, 0.5) is 0 Å². The number of hydrogen-bond acceptors (Lipinski definition) is 1. The molecule has 0 saturated carbocycles. The van der Waals surface area contributed by atoms with Crippen molar-refractivity contribution in [1.82, 2.24) is 0 Å². The van der Waals surface area contributed by atoms with E-state index in [-0.39, 0.29) is 5.75 Å². The zero-order chi connectivity index (χ0) is 7.56. The predicted molar refractivity (Wildman–Crippen MR) is 50.4 cm³/mol. The smallest absolute Gasteiger partial charge is 0.121 e. The normalized spacial score (nSPS) is 9.80. The van der Waals surface area contributed by atoms with Gasteiger partial charge in [-0.2, -0.15) is 0 Å². The first-order chi connectivity index (χ1) is 4.74. The third-order valence-electron chi connectivity index (χ3n) is 1.19. The lowest BCUT2D eigenvalue weighted by molar-refractivity contribution is 0.470. The molecule has 1 nitrogen and oxygen atoms in total. The van der Waals surface area contributed by atoms with E-state index < -0.39 is 0 Å². The van der Waals surface area contributed by atoms with Crippen molar-refractivity contribution >= 4 is 34.2 Å². The van der Waals surface area contributed by atoms with Gasteiger partial charge in [0, 0.05) is 9.13 Å². The molecule has 54 valence electrons. The predicted octanol–water partition coefficient (Wildman–Crippen LogP) is 2.74. The van der Waals surface area contributed by atoms with Crippen molar-refractivity contribution in [2.75, 3.05) is 0 Å². The van der Waals surface area contributed by atoms with Crippen LogP contribution in [0.2, 0.25) is 0 Å². The van der Waals surface area contributed by atoms with E-state index in [1.807, 2.05) is 12.1 Å². The lowest BCUT2D eigenvalue weighted by Gasteiger charge is -1.98. The molecule has 10 heavy (non-hydrogen) atoms. The van der Waals surface area contributed by atoms with Gasteiger partial charge < -0.3 is 5.11 Å². The summed E-state index contributed by atoms with van der Waals surface area (Å²) in [6.45, 7) is 0. The number of benzene rings is 1. The topological polar surface area (TPSA) is 20.2 Å². The van der Waals surface area contributed by atoms with Gasteiger partial charge in [-0.3, -0.25) is 0 Å². The van der Waals surface area contributed by atoms with Crippen molar-refractivity contribution in [3.63, 3.8) is 0 Å². The number of hydrogen-bond donors (Lipinski definition) is 1.